The van der Waals surface area contributed by atoms with Crippen LogP contribution in [-0.2, 0) is 9.47 Å². The molecule has 0 aromatic carbocycles. The van der Waals surface area contributed by atoms with E-state index in [0.717, 1.165) is 38.1 Å². The maximum atomic E-state index is 6.22. The van der Waals surface area contributed by atoms with Gasteiger partial charge in [0.1, 0.15) is 0 Å². The molecule has 4 unspecified atom stereocenters. The van der Waals surface area contributed by atoms with Crippen LogP contribution in [0.4, 0.5) is 0 Å². The van der Waals surface area contributed by atoms with Crippen molar-refractivity contribution in [2.45, 2.75) is 63.0 Å². The van der Waals surface area contributed by atoms with Crippen LogP contribution in [0.2, 0.25) is 0 Å². The first kappa shape index (κ1) is 12.9. The van der Waals surface area contributed by atoms with Crippen LogP contribution in [0.1, 0.15) is 51.4 Å². The highest BCUT2D eigenvalue weighted by Gasteiger charge is 2.43. The number of hydrogen-bond acceptors (Lipinski definition) is 3. The Labute approximate surface area is 110 Å². The molecule has 1 spiro atoms. The molecule has 3 nitrogen and oxygen atoms in total. The van der Waals surface area contributed by atoms with Crippen molar-refractivity contribution < 1.29 is 9.47 Å². The first-order valence-electron chi connectivity index (χ1n) is 7.75. The molecule has 0 aromatic heterocycles. The second-order valence-corrected chi connectivity index (χ2v) is 6.63. The van der Waals surface area contributed by atoms with Gasteiger partial charge in [-0.2, -0.15) is 0 Å². The van der Waals surface area contributed by atoms with Gasteiger partial charge in [0.25, 0.3) is 0 Å². The van der Waals surface area contributed by atoms with Crippen LogP contribution < -0.4 is 5.73 Å². The van der Waals surface area contributed by atoms with Gasteiger partial charge in [-0.15, -0.1) is 0 Å². The molecule has 3 heteroatoms. The first-order valence-corrected chi connectivity index (χ1v) is 7.75. The second kappa shape index (κ2) is 5.48. The lowest BCUT2D eigenvalue weighted by Crippen LogP contribution is -2.42. The Morgan fingerprint density at radius 1 is 1.00 bits per heavy atom. The third-order valence-electron chi connectivity index (χ3n) is 5.27. The predicted octanol–water partition coefficient (Wildman–Crippen LogP) is 2.48. The molecule has 18 heavy (non-hydrogen) atoms. The van der Waals surface area contributed by atoms with E-state index in [9.17, 15) is 0 Å². The van der Waals surface area contributed by atoms with Gasteiger partial charge in [0, 0.05) is 25.7 Å². The molecule has 0 aromatic rings. The quantitative estimate of drug-likeness (QED) is 0.730. The monoisotopic (exact) mass is 253 g/mol. The lowest BCUT2D eigenvalue weighted by Gasteiger charge is -2.40. The summed E-state index contributed by atoms with van der Waals surface area (Å²) >= 11 is 0. The molecule has 4 atom stereocenters. The van der Waals surface area contributed by atoms with Gasteiger partial charge in [0.05, 0.1) is 12.2 Å². The number of nitrogens with two attached hydrogens (primary N) is 1. The molecule has 2 aliphatic heterocycles. The summed E-state index contributed by atoms with van der Waals surface area (Å²) in [6.45, 7) is 2.64. The zero-order valence-corrected chi connectivity index (χ0v) is 11.4. The lowest BCUT2D eigenvalue weighted by atomic mass is 9.75. The number of rotatable bonds is 1. The summed E-state index contributed by atoms with van der Waals surface area (Å²) in [5, 5.41) is 0. The SMILES string of the molecule is NC1CCCCC(C2CCOC3(CCOC3)C2)C1. The van der Waals surface area contributed by atoms with Crippen LogP contribution >= 0.6 is 0 Å². The Kier molecular flexibility index (Phi) is 3.92. The minimum Gasteiger partial charge on any atom is -0.378 e. The van der Waals surface area contributed by atoms with Crippen LogP contribution in [-0.4, -0.2) is 31.5 Å². The minimum absolute atomic E-state index is 0.0688. The predicted molar refractivity (Wildman–Crippen MR) is 71.4 cm³/mol. The molecule has 2 heterocycles. The van der Waals surface area contributed by atoms with Crippen molar-refractivity contribution in [2.75, 3.05) is 19.8 Å². The van der Waals surface area contributed by atoms with Gasteiger partial charge < -0.3 is 15.2 Å². The van der Waals surface area contributed by atoms with Gasteiger partial charge in [0.15, 0.2) is 0 Å². The molecule has 104 valence electrons. The van der Waals surface area contributed by atoms with Gasteiger partial charge in [-0.25, -0.2) is 0 Å². The van der Waals surface area contributed by atoms with E-state index in [-0.39, 0.29) is 5.60 Å². The fraction of sp³-hybridized carbons (Fsp3) is 1.00. The van der Waals surface area contributed by atoms with Gasteiger partial charge >= 0.3 is 0 Å². The number of ether oxygens (including phenoxy) is 2. The molecular formula is C15H27NO2. The molecule has 0 radical (unpaired) electrons. The van der Waals surface area contributed by atoms with E-state index in [2.05, 4.69) is 0 Å². The van der Waals surface area contributed by atoms with Crippen molar-refractivity contribution in [3.63, 3.8) is 0 Å². The van der Waals surface area contributed by atoms with Crippen LogP contribution in [0.25, 0.3) is 0 Å². The van der Waals surface area contributed by atoms with Crippen molar-refractivity contribution in [3.8, 4) is 0 Å². The molecule has 1 saturated carbocycles. The third kappa shape index (κ3) is 2.73. The third-order valence-corrected chi connectivity index (χ3v) is 5.27. The average Bonchev–Trinajstić information content (AvgIpc) is 2.69. The van der Waals surface area contributed by atoms with Crippen molar-refractivity contribution in [1.82, 2.24) is 0 Å². The minimum atomic E-state index is 0.0688. The summed E-state index contributed by atoms with van der Waals surface area (Å²) in [4.78, 5) is 0. The Balaban J connectivity index is 1.63. The normalized spacial score (nSPS) is 46.2. The maximum Gasteiger partial charge on any atom is 0.0939 e. The number of hydrogen-bond donors (Lipinski definition) is 1. The van der Waals surface area contributed by atoms with Crippen molar-refractivity contribution in [3.05, 3.63) is 0 Å². The summed E-state index contributed by atoms with van der Waals surface area (Å²) in [6, 6.07) is 0.441. The van der Waals surface area contributed by atoms with Crippen LogP contribution in [0, 0.1) is 11.8 Å². The summed E-state index contributed by atoms with van der Waals surface area (Å²) in [5.74, 6) is 1.66. The van der Waals surface area contributed by atoms with Crippen molar-refractivity contribution in [2.24, 2.45) is 17.6 Å². The first-order chi connectivity index (χ1) is 8.77. The second-order valence-electron chi connectivity index (χ2n) is 6.63. The highest BCUT2D eigenvalue weighted by atomic mass is 16.6. The van der Waals surface area contributed by atoms with E-state index in [1.165, 1.54) is 44.9 Å². The zero-order chi connectivity index (χ0) is 12.4. The summed E-state index contributed by atoms with van der Waals surface area (Å²) in [6.07, 6.45) is 10.1. The Morgan fingerprint density at radius 2 is 1.89 bits per heavy atom. The highest BCUT2D eigenvalue weighted by Crippen LogP contribution is 2.42. The van der Waals surface area contributed by atoms with E-state index in [0.29, 0.717) is 6.04 Å². The Hall–Kier alpha value is -0.120. The summed E-state index contributed by atoms with van der Waals surface area (Å²) in [5.41, 5.74) is 6.29. The summed E-state index contributed by atoms with van der Waals surface area (Å²) < 4.78 is 11.6. The molecule has 0 bridgehead atoms. The summed E-state index contributed by atoms with van der Waals surface area (Å²) in [7, 11) is 0. The molecule has 0 amide bonds. The average molecular weight is 253 g/mol. The molecule has 3 fully saturated rings. The highest BCUT2D eigenvalue weighted by molar-refractivity contribution is 4.93. The topological polar surface area (TPSA) is 44.5 Å². The fourth-order valence-electron chi connectivity index (χ4n) is 4.20. The fourth-order valence-corrected chi connectivity index (χ4v) is 4.20. The van der Waals surface area contributed by atoms with Gasteiger partial charge in [-0.05, 0) is 37.5 Å². The standard InChI is InChI=1S/C15H27NO2/c16-14-4-2-1-3-12(9-14)13-5-7-18-15(10-13)6-8-17-11-15/h12-14H,1-11,16H2. The van der Waals surface area contributed by atoms with Crippen molar-refractivity contribution >= 4 is 0 Å². The van der Waals surface area contributed by atoms with Crippen LogP contribution in [0.15, 0.2) is 0 Å². The van der Waals surface area contributed by atoms with E-state index in [4.69, 9.17) is 15.2 Å². The molecule has 2 saturated heterocycles. The smallest absolute Gasteiger partial charge is 0.0939 e. The molecule has 2 N–H and O–H groups in total. The molecule has 1 aliphatic carbocycles. The maximum absolute atomic E-state index is 6.22. The van der Waals surface area contributed by atoms with Crippen LogP contribution in [0.3, 0.4) is 0 Å². The molecule has 3 aliphatic rings. The lowest BCUT2D eigenvalue weighted by molar-refractivity contribution is -0.107. The largest absolute Gasteiger partial charge is 0.378 e. The Morgan fingerprint density at radius 3 is 2.72 bits per heavy atom. The van der Waals surface area contributed by atoms with E-state index >= 15 is 0 Å². The van der Waals surface area contributed by atoms with E-state index < -0.39 is 0 Å². The Bertz CT molecular complexity index is 276. The molecule has 3 rings (SSSR count). The van der Waals surface area contributed by atoms with Gasteiger partial charge in [-0.1, -0.05) is 19.3 Å². The van der Waals surface area contributed by atoms with Crippen LogP contribution in [0.5, 0.6) is 0 Å². The van der Waals surface area contributed by atoms with Crippen molar-refractivity contribution in [1.29, 1.82) is 0 Å². The van der Waals surface area contributed by atoms with E-state index in [1.54, 1.807) is 0 Å². The van der Waals surface area contributed by atoms with Gasteiger partial charge in [-0.3, -0.25) is 0 Å². The van der Waals surface area contributed by atoms with Gasteiger partial charge in [0.2, 0.25) is 0 Å². The zero-order valence-electron chi connectivity index (χ0n) is 11.4. The molecular weight excluding hydrogens is 226 g/mol. The van der Waals surface area contributed by atoms with E-state index in [1.807, 2.05) is 0 Å².